The predicted molar refractivity (Wildman–Crippen MR) is 81.1 cm³/mol. The first-order valence-corrected chi connectivity index (χ1v) is 9.30. The van der Waals surface area contributed by atoms with Crippen LogP contribution in [0.15, 0.2) is 11.6 Å². The molecule has 100 valence electrons. The summed E-state index contributed by atoms with van der Waals surface area (Å²) in [5.74, 6) is 3.59. The van der Waals surface area contributed by atoms with Crippen LogP contribution in [-0.4, -0.2) is 13.9 Å². The highest BCUT2D eigenvalue weighted by molar-refractivity contribution is 6.90. The molecule has 0 unspecified atom stereocenters. The van der Waals surface area contributed by atoms with Crippen LogP contribution in [0.5, 0.6) is 0 Å². The quantitative estimate of drug-likeness (QED) is 0.541. The molecule has 0 spiro atoms. The van der Waals surface area contributed by atoms with Gasteiger partial charge in [0.05, 0.1) is 0 Å². The van der Waals surface area contributed by atoms with Crippen LogP contribution < -0.4 is 0 Å². The van der Waals surface area contributed by atoms with Gasteiger partial charge in [-0.1, -0.05) is 47.5 Å². The number of hydrogen-bond donors (Lipinski definition) is 0. The lowest BCUT2D eigenvalue weighted by Crippen LogP contribution is -2.43. The second-order valence-corrected chi connectivity index (χ2v) is 11.9. The number of carbonyl (C=O) groups is 1. The summed E-state index contributed by atoms with van der Waals surface area (Å²) in [6.07, 6.45) is 3.25. The summed E-state index contributed by atoms with van der Waals surface area (Å²) < 4.78 is 0. The highest BCUT2D eigenvalue weighted by Gasteiger charge is 2.41. The zero-order chi connectivity index (χ0) is 13.9. The third-order valence-corrected chi connectivity index (χ3v) is 10.6. The lowest BCUT2D eigenvalue weighted by Gasteiger charge is -2.38. The zero-order valence-corrected chi connectivity index (χ0v) is 13.6. The molecule has 0 aromatic heterocycles. The Morgan fingerprint density at radius 2 is 1.50 bits per heavy atom. The predicted octanol–water partition coefficient (Wildman–Crippen LogP) is 4.50. The number of hydrogen-bond acceptors (Lipinski definition) is 1. The largest absolute Gasteiger partial charge is 0.295 e. The Labute approximate surface area is 113 Å². The van der Waals surface area contributed by atoms with E-state index in [1.54, 1.807) is 6.08 Å². The van der Waals surface area contributed by atoms with E-state index in [1.165, 1.54) is 0 Å². The van der Waals surface area contributed by atoms with Crippen LogP contribution >= 0.6 is 0 Å². The third kappa shape index (κ3) is 2.95. The molecule has 0 atom stereocenters. The van der Waals surface area contributed by atoms with E-state index in [0.29, 0.717) is 23.0 Å². The van der Waals surface area contributed by atoms with Gasteiger partial charge in [0.2, 0.25) is 0 Å². The van der Waals surface area contributed by atoms with Crippen LogP contribution in [0, 0.1) is 11.5 Å². The lowest BCUT2D eigenvalue weighted by atomic mass is 10.2. The second-order valence-electron chi connectivity index (χ2n) is 6.28. The molecule has 2 heteroatoms. The summed E-state index contributed by atoms with van der Waals surface area (Å²) >= 11 is 0. The third-order valence-electron chi connectivity index (χ3n) is 4.28. The fourth-order valence-electron chi connectivity index (χ4n) is 3.32. The zero-order valence-electron chi connectivity index (χ0n) is 12.6. The summed E-state index contributed by atoms with van der Waals surface area (Å²) in [6.45, 7) is 13.9. The summed E-state index contributed by atoms with van der Waals surface area (Å²) in [5.41, 5.74) is 6.68. The minimum Gasteiger partial charge on any atom is -0.295 e. The van der Waals surface area contributed by atoms with Crippen molar-refractivity contribution in [2.45, 2.75) is 71.0 Å². The molecule has 1 nitrogen and oxygen atoms in total. The molecule has 0 saturated carbocycles. The monoisotopic (exact) mass is 262 g/mol. The molecule has 0 aliphatic heterocycles. The fraction of sp³-hybridized carbons (Fsp3) is 0.688. The van der Waals surface area contributed by atoms with Crippen molar-refractivity contribution >= 4 is 13.9 Å². The van der Waals surface area contributed by atoms with E-state index in [4.69, 9.17) is 0 Å². The smallest absolute Gasteiger partial charge is 0.156 e. The topological polar surface area (TPSA) is 17.1 Å². The molecule has 0 saturated heterocycles. The Kier molecular flexibility index (Phi) is 4.98. The first-order chi connectivity index (χ1) is 8.30. The first-order valence-electron chi connectivity index (χ1n) is 7.07. The molecule has 0 radical (unpaired) electrons. The van der Waals surface area contributed by atoms with Crippen LogP contribution in [0.4, 0.5) is 0 Å². The van der Waals surface area contributed by atoms with Gasteiger partial charge in [-0.05, 0) is 29.1 Å². The molecule has 1 aliphatic rings. The lowest BCUT2D eigenvalue weighted by molar-refractivity contribution is -0.114. The van der Waals surface area contributed by atoms with Gasteiger partial charge in [0.15, 0.2) is 5.78 Å². The Morgan fingerprint density at radius 1 is 1.00 bits per heavy atom. The maximum atomic E-state index is 11.2. The average Bonchev–Trinajstić information content (AvgIpc) is 2.63. The Morgan fingerprint density at radius 3 is 1.83 bits per heavy atom. The van der Waals surface area contributed by atoms with E-state index in [2.05, 4.69) is 53.0 Å². The highest BCUT2D eigenvalue weighted by Crippen LogP contribution is 2.40. The van der Waals surface area contributed by atoms with Crippen molar-refractivity contribution in [3.05, 3.63) is 11.6 Å². The highest BCUT2D eigenvalue weighted by atomic mass is 28.3. The van der Waals surface area contributed by atoms with Gasteiger partial charge >= 0.3 is 0 Å². The van der Waals surface area contributed by atoms with Gasteiger partial charge in [0.1, 0.15) is 8.07 Å². The number of ketones is 1. The van der Waals surface area contributed by atoms with Gasteiger partial charge in [0.25, 0.3) is 0 Å². The van der Waals surface area contributed by atoms with E-state index in [1.807, 2.05) is 0 Å². The van der Waals surface area contributed by atoms with Crippen molar-refractivity contribution in [3.8, 4) is 11.5 Å². The minimum absolute atomic E-state index is 0.241. The average molecular weight is 262 g/mol. The van der Waals surface area contributed by atoms with Crippen LogP contribution in [-0.2, 0) is 4.79 Å². The molecular weight excluding hydrogens is 236 g/mol. The number of rotatable bonds is 3. The van der Waals surface area contributed by atoms with Crippen LogP contribution in [0.1, 0.15) is 54.4 Å². The van der Waals surface area contributed by atoms with Crippen molar-refractivity contribution in [3.63, 3.8) is 0 Å². The van der Waals surface area contributed by atoms with Gasteiger partial charge < -0.3 is 0 Å². The maximum Gasteiger partial charge on any atom is 0.156 e. The minimum atomic E-state index is -1.63. The molecule has 0 aromatic rings. The molecular formula is C16H26OSi. The van der Waals surface area contributed by atoms with E-state index in [0.717, 1.165) is 12.0 Å². The molecule has 18 heavy (non-hydrogen) atoms. The number of carbonyl (C=O) groups excluding carboxylic acids is 1. The van der Waals surface area contributed by atoms with Gasteiger partial charge in [-0.2, -0.15) is 0 Å². The summed E-state index contributed by atoms with van der Waals surface area (Å²) in [7, 11) is -1.63. The van der Waals surface area contributed by atoms with Crippen molar-refractivity contribution in [1.82, 2.24) is 0 Å². The fourth-order valence-corrected chi connectivity index (χ4v) is 8.56. The molecule has 0 N–H and O–H groups in total. The van der Waals surface area contributed by atoms with Crippen molar-refractivity contribution in [1.29, 1.82) is 0 Å². The first kappa shape index (κ1) is 15.2. The van der Waals surface area contributed by atoms with Crippen LogP contribution in [0.25, 0.3) is 0 Å². The van der Waals surface area contributed by atoms with Crippen LogP contribution in [0.2, 0.25) is 16.6 Å². The van der Waals surface area contributed by atoms with E-state index >= 15 is 0 Å². The summed E-state index contributed by atoms with van der Waals surface area (Å²) in [4.78, 5) is 11.2. The van der Waals surface area contributed by atoms with Gasteiger partial charge in [-0.25, -0.2) is 0 Å². The van der Waals surface area contributed by atoms with Crippen LogP contribution in [0.3, 0.4) is 0 Å². The molecule has 0 amide bonds. The van der Waals surface area contributed by atoms with Crippen molar-refractivity contribution in [2.75, 3.05) is 0 Å². The molecule has 1 aliphatic carbocycles. The van der Waals surface area contributed by atoms with E-state index in [9.17, 15) is 4.79 Å². The maximum absolute atomic E-state index is 11.2. The number of allylic oxidation sites excluding steroid dienone is 2. The van der Waals surface area contributed by atoms with E-state index in [-0.39, 0.29) is 5.78 Å². The van der Waals surface area contributed by atoms with E-state index < -0.39 is 8.07 Å². The second kappa shape index (κ2) is 5.89. The van der Waals surface area contributed by atoms with Crippen molar-refractivity contribution in [2.24, 2.45) is 0 Å². The Hall–Kier alpha value is -0.813. The van der Waals surface area contributed by atoms with Gasteiger partial charge in [-0.15, -0.1) is 5.54 Å². The van der Waals surface area contributed by atoms with Gasteiger partial charge in [-0.3, -0.25) is 4.79 Å². The SMILES string of the molecule is CC(C)[Si](C#CC1=CC(=O)CC1)(C(C)C)C(C)C. The molecule has 0 heterocycles. The Balaban J connectivity index is 3.10. The molecule has 1 rings (SSSR count). The normalized spacial score (nSPS) is 16.3. The van der Waals surface area contributed by atoms with Gasteiger partial charge in [0, 0.05) is 12.0 Å². The summed E-state index contributed by atoms with van der Waals surface area (Å²) in [5, 5.41) is 0. The molecule has 0 bridgehead atoms. The molecule has 0 aromatic carbocycles. The Bertz CT molecular complexity index is 383. The summed E-state index contributed by atoms with van der Waals surface area (Å²) in [6, 6.07) is 0. The molecule has 0 fully saturated rings. The standard InChI is InChI=1S/C16H26OSi/c1-12(2)18(13(3)4,14(5)6)10-9-15-7-8-16(17)11-15/h11-14H,7-8H2,1-6H3. The van der Waals surface area contributed by atoms with Crippen molar-refractivity contribution < 1.29 is 4.79 Å².